The lowest BCUT2D eigenvalue weighted by Crippen LogP contribution is -2.35. The molecule has 1 aliphatic rings. The molecule has 0 bridgehead atoms. The van der Waals surface area contributed by atoms with Crippen LogP contribution in [-0.4, -0.2) is 37.9 Å². The van der Waals surface area contributed by atoms with Crippen LogP contribution in [0.4, 0.5) is 11.4 Å². The van der Waals surface area contributed by atoms with Crippen molar-refractivity contribution in [3.63, 3.8) is 0 Å². The highest BCUT2D eigenvalue weighted by molar-refractivity contribution is 9.11. The zero-order valence-corrected chi connectivity index (χ0v) is 17.7. The summed E-state index contributed by atoms with van der Waals surface area (Å²) < 4.78 is 6.22. The molecule has 0 unspecified atom stereocenters. The largest absolute Gasteiger partial charge is 0.495 e. The van der Waals surface area contributed by atoms with E-state index in [0.29, 0.717) is 35.0 Å². The van der Waals surface area contributed by atoms with Crippen LogP contribution >= 0.6 is 27.3 Å². The third-order valence-electron chi connectivity index (χ3n) is 4.28. The molecule has 148 valence electrons. The molecule has 2 aromatic rings. The number of anilines is 2. The van der Waals surface area contributed by atoms with Crippen LogP contribution in [0, 0.1) is 0 Å². The first-order valence-corrected chi connectivity index (χ1v) is 10.4. The third kappa shape index (κ3) is 4.90. The minimum absolute atomic E-state index is 0.0439. The number of carbonyl (C=O) groups excluding carboxylic acids is 3. The molecule has 9 heteroatoms. The number of hydrogen-bond donors (Lipinski definition) is 2. The summed E-state index contributed by atoms with van der Waals surface area (Å²) >= 11 is 4.60. The Labute approximate surface area is 175 Å². The van der Waals surface area contributed by atoms with E-state index >= 15 is 0 Å². The molecule has 0 atom stereocenters. The van der Waals surface area contributed by atoms with Crippen molar-refractivity contribution < 1.29 is 19.1 Å². The number of benzene rings is 1. The van der Waals surface area contributed by atoms with E-state index in [1.54, 1.807) is 42.3 Å². The van der Waals surface area contributed by atoms with Gasteiger partial charge in [-0.05, 0) is 59.1 Å². The quantitative estimate of drug-likeness (QED) is 0.683. The average molecular weight is 466 g/mol. The predicted molar refractivity (Wildman–Crippen MR) is 112 cm³/mol. The van der Waals surface area contributed by atoms with Gasteiger partial charge in [0.2, 0.25) is 11.8 Å². The highest BCUT2D eigenvalue weighted by Crippen LogP contribution is 2.33. The maximum Gasteiger partial charge on any atom is 0.261 e. The number of thiophene rings is 1. The highest BCUT2D eigenvalue weighted by atomic mass is 79.9. The first-order valence-electron chi connectivity index (χ1n) is 8.79. The van der Waals surface area contributed by atoms with E-state index in [9.17, 15) is 14.4 Å². The van der Waals surface area contributed by atoms with Crippen molar-refractivity contribution in [2.24, 2.45) is 0 Å². The van der Waals surface area contributed by atoms with Crippen LogP contribution in [0.1, 0.15) is 28.9 Å². The second-order valence-electron chi connectivity index (χ2n) is 6.22. The fraction of sp³-hybridized carbons (Fsp3) is 0.316. The number of rotatable bonds is 6. The van der Waals surface area contributed by atoms with Gasteiger partial charge in [-0.1, -0.05) is 0 Å². The van der Waals surface area contributed by atoms with Gasteiger partial charge in [-0.2, -0.15) is 0 Å². The molecular formula is C19H20BrN3O4S. The Morgan fingerprint density at radius 3 is 2.75 bits per heavy atom. The molecule has 1 aliphatic heterocycles. The van der Waals surface area contributed by atoms with Crippen LogP contribution < -0.4 is 20.3 Å². The molecule has 0 aliphatic carbocycles. The lowest BCUT2D eigenvalue weighted by atomic mass is 10.1. The second kappa shape index (κ2) is 9.20. The Balaban J connectivity index is 1.64. The van der Waals surface area contributed by atoms with Gasteiger partial charge in [-0.15, -0.1) is 11.3 Å². The number of nitrogens with one attached hydrogen (secondary N) is 2. The van der Waals surface area contributed by atoms with E-state index in [1.807, 2.05) is 0 Å². The van der Waals surface area contributed by atoms with Gasteiger partial charge in [-0.3, -0.25) is 14.4 Å². The Kier molecular flexibility index (Phi) is 6.69. The third-order valence-corrected chi connectivity index (χ3v) is 5.91. The zero-order valence-electron chi connectivity index (χ0n) is 15.3. The molecule has 0 spiro atoms. The average Bonchev–Trinajstić information content (AvgIpc) is 3.13. The van der Waals surface area contributed by atoms with Crippen LogP contribution in [-0.2, 0) is 9.59 Å². The molecule has 1 aromatic carbocycles. The molecule has 7 nitrogen and oxygen atoms in total. The molecule has 0 radical (unpaired) electrons. The molecule has 28 heavy (non-hydrogen) atoms. The van der Waals surface area contributed by atoms with Gasteiger partial charge in [0.1, 0.15) is 5.75 Å². The molecule has 1 saturated heterocycles. The fourth-order valence-electron chi connectivity index (χ4n) is 2.93. The normalized spacial score (nSPS) is 13.9. The van der Waals surface area contributed by atoms with Gasteiger partial charge in [-0.25, -0.2) is 0 Å². The van der Waals surface area contributed by atoms with Gasteiger partial charge in [0.05, 0.1) is 28.0 Å². The zero-order chi connectivity index (χ0) is 20.1. The van der Waals surface area contributed by atoms with E-state index in [0.717, 1.165) is 16.6 Å². The van der Waals surface area contributed by atoms with Crippen molar-refractivity contribution in [3.8, 4) is 5.75 Å². The Hall–Kier alpha value is -2.39. The van der Waals surface area contributed by atoms with Crippen LogP contribution in [0.25, 0.3) is 0 Å². The van der Waals surface area contributed by atoms with Crippen LogP contribution in [0.2, 0.25) is 0 Å². The SMILES string of the molecule is COc1ccc(NC(=O)CNC(=O)c2ccc(Br)s2)cc1N1CCCCC1=O. The summed E-state index contributed by atoms with van der Waals surface area (Å²) in [6, 6.07) is 8.60. The van der Waals surface area contributed by atoms with Gasteiger partial charge in [0.15, 0.2) is 0 Å². The van der Waals surface area contributed by atoms with Crippen molar-refractivity contribution in [1.29, 1.82) is 0 Å². The number of amides is 3. The fourth-order valence-corrected chi connectivity index (χ4v) is 4.23. The Bertz CT molecular complexity index is 899. The maximum atomic E-state index is 12.2. The Morgan fingerprint density at radius 1 is 1.25 bits per heavy atom. The smallest absolute Gasteiger partial charge is 0.261 e. The van der Waals surface area contributed by atoms with Crippen molar-refractivity contribution >= 4 is 56.4 Å². The number of nitrogens with zero attached hydrogens (tertiary/aromatic N) is 1. The molecule has 1 fully saturated rings. The van der Waals surface area contributed by atoms with Crippen LogP contribution in [0.5, 0.6) is 5.75 Å². The molecule has 3 rings (SSSR count). The standard InChI is InChI=1S/C19H20BrN3O4S/c1-27-14-6-5-12(10-13(14)23-9-3-2-4-18(23)25)22-17(24)11-21-19(26)15-7-8-16(20)28-15/h5-8,10H,2-4,9,11H2,1H3,(H,21,26)(H,22,24). The molecule has 3 amide bonds. The lowest BCUT2D eigenvalue weighted by Gasteiger charge is -2.28. The summed E-state index contributed by atoms with van der Waals surface area (Å²) in [4.78, 5) is 38.7. The minimum Gasteiger partial charge on any atom is -0.495 e. The van der Waals surface area contributed by atoms with Gasteiger partial charge in [0.25, 0.3) is 5.91 Å². The van der Waals surface area contributed by atoms with Crippen molar-refractivity contribution in [2.75, 3.05) is 30.4 Å². The first kappa shape index (κ1) is 20.3. The van der Waals surface area contributed by atoms with E-state index in [2.05, 4.69) is 26.6 Å². The van der Waals surface area contributed by atoms with Crippen molar-refractivity contribution in [1.82, 2.24) is 5.32 Å². The lowest BCUT2D eigenvalue weighted by molar-refractivity contribution is -0.119. The van der Waals surface area contributed by atoms with E-state index in [1.165, 1.54) is 11.3 Å². The topological polar surface area (TPSA) is 87.7 Å². The summed E-state index contributed by atoms with van der Waals surface area (Å²) in [5.74, 6) is -0.0440. The number of piperidine rings is 1. The number of hydrogen-bond acceptors (Lipinski definition) is 5. The highest BCUT2D eigenvalue weighted by Gasteiger charge is 2.23. The van der Waals surface area contributed by atoms with Gasteiger partial charge in [0, 0.05) is 18.7 Å². The summed E-state index contributed by atoms with van der Waals surface area (Å²) in [6.45, 7) is 0.470. The number of methoxy groups -OCH3 is 1. The molecular weight excluding hydrogens is 446 g/mol. The van der Waals surface area contributed by atoms with E-state index in [4.69, 9.17) is 4.74 Å². The predicted octanol–water partition coefficient (Wildman–Crippen LogP) is 3.40. The molecule has 1 aromatic heterocycles. The van der Waals surface area contributed by atoms with Crippen molar-refractivity contribution in [2.45, 2.75) is 19.3 Å². The van der Waals surface area contributed by atoms with Crippen LogP contribution in [0.15, 0.2) is 34.1 Å². The van der Waals surface area contributed by atoms with Crippen LogP contribution in [0.3, 0.4) is 0 Å². The minimum atomic E-state index is -0.356. The van der Waals surface area contributed by atoms with Gasteiger partial charge >= 0.3 is 0 Å². The van der Waals surface area contributed by atoms with E-state index < -0.39 is 0 Å². The second-order valence-corrected chi connectivity index (χ2v) is 8.69. The number of carbonyl (C=O) groups is 3. The first-order chi connectivity index (χ1) is 13.5. The summed E-state index contributed by atoms with van der Waals surface area (Å²) in [5, 5.41) is 5.34. The summed E-state index contributed by atoms with van der Waals surface area (Å²) in [7, 11) is 1.55. The molecule has 2 N–H and O–H groups in total. The maximum absolute atomic E-state index is 12.2. The monoisotopic (exact) mass is 465 g/mol. The number of halogens is 1. The Morgan fingerprint density at radius 2 is 2.07 bits per heavy atom. The summed E-state index contributed by atoms with van der Waals surface area (Å²) in [6.07, 6.45) is 2.32. The number of ether oxygens (including phenoxy) is 1. The summed E-state index contributed by atoms with van der Waals surface area (Å²) in [5.41, 5.74) is 1.17. The molecule has 2 heterocycles. The van der Waals surface area contributed by atoms with Crippen molar-refractivity contribution in [3.05, 3.63) is 39.0 Å². The molecule has 0 saturated carbocycles. The van der Waals surface area contributed by atoms with Gasteiger partial charge < -0.3 is 20.3 Å². The van der Waals surface area contributed by atoms with E-state index in [-0.39, 0.29) is 24.3 Å².